The van der Waals surface area contributed by atoms with Crippen LogP contribution in [0.2, 0.25) is 0 Å². The molecule has 0 aromatic heterocycles. The molecule has 0 bridgehead atoms. The Hall–Kier alpha value is -1.30. The Kier molecular flexibility index (Phi) is 7.11. The number of urea groups is 1. The molecule has 1 saturated heterocycles. The standard InChI is InChI=1S/C19H35N3O3/c1-4-19(5-2)8-7-10-22(11-9-19)18(25)20-15-12-16(13-15)21(6-3)14-17(23)24/h15-16H,4-14H2,1-3H3,(H,20,25)(H,23,24). The Balaban J connectivity index is 1.77. The maximum Gasteiger partial charge on any atom is 0.317 e. The molecule has 0 aromatic rings. The molecule has 0 spiro atoms. The lowest BCUT2D eigenvalue weighted by atomic mass is 9.76. The predicted molar refractivity (Wildman–Crippen MR) is 98.7 cm³/mol. The first-order valence-corrected chi connectivity index (χ1v) is 9.94. The molecule has 6 heteroatoms. The molecule has 0 atom stereocenters. The fourth-order valence-electron chi connectivity index (χ4n) is 4.36. The Morgan fingerprint density at radius 3 is 2.40 bits per heavy atom. The Morgan fingerprint density at radius 2 is 1.84 bits per heavy atom. The van der Waals surface area contributed by atoms with Crippen molar-refractivity contribution in [2.75, 3.05) is 26.2 Å². The van der Waals surface area contributed by atoms with Crippen LogP contribution in [0.3, 0.4) is 0 Å². The topological polar surface area (TPSA) is 72.9 Å². The average Bonchev–Trinajstić information content (AvgIpc) is 2.78. The molecule has 2 N–H and O–H groups in total. The van der Waals surface area contributed by atoms with E-state index in [2.05, 4.69) is 19.2 Å². The van der Waals surface area contributed by atoms with Crippen molar-refractivity contribution < 1.29 is 14.7 Å². The SMILES string of the molecule is CCN(CC(=O)O)C1CC(NC(=O)N2CCCC(CC)(CC)CC2)C1. The number of carboxylic acid groups (broad SMARTS) is 1. The summed E-state index contributed by atoms with van der Waals surface area (Å²) in [5, 5.41) is 12.1. The molecule has 1 heterocycles. The van der Waals surface area contributed by atoms with Gasteiger partial charge in [0.05, 0.1) is 6.54 Å². The Morgan fingerprint density at radius 1 is 1.16 bits per heavy atom. The van der Waals surface area contributed by atoms with Crippen molar-refractivity contribution in [3.63, 3.8) is 0 Å². The number of carbonyl (C=O) groups is 2. The molecule has 1 aliphatic carbocycles. The van der Waals surface area contributed by atoms with Crippen LogP contribution in [0.5, 0.6) is 0 Å². The molecule has 0 unspecified atom stereocenters. The van der Waals surface area contributed by atoms with Crippen molar-refractivity contribution in [2.45, 2.75) is 77.8 Å². The van der Waals surface area contributed by atoms with E-state index < -0.39 is 5.97 Å². The zero-order valence-electron chi connectivity index (χ0n) is 16.1. The molecule has 0 radical (unpaired) electrons. The van der Waals surface area contributed by atoms with Crippen LogP contribution in [0.4, 0.5) is 4.79 Å². The summed E-state index contributed by atoms with van der Waals surface area (Å²) in [5.74, 6) is -0.783. The van der Waals surface area contributed by atoms with Gasteiger partial charge in [-0.2, -0.15) is 0 Å². The van der Waals surface area contributed by atoms with Crippen LogP contribution in [-0.2, 0) is 4.79 Å². The highest BCUT2D eigenvalue weighted by Crippen LogP contribution is 2.38. The van der Waals surface area contributed by atoms with Crippen LogP contribution in [0.1, 0.15) is 65.7 Å². The van der Waals surface area contributed by atoms with Gasteiger partial charge >= 0.3 is 12.0 Å². The van der Waals surface area contributed by atoms with Crippen molar-refractivity contribution in [1.29, 1.82) is 0 Å². The molecule has 2 amide bonds. The van der Waals surface area contributed by atoms with E-state index in [0.717, 1.165) is 45.3 Å². The van der Waals surface area contributed by atoms with Crippen molar-refractivity contribution in [3.05, 3.63) is 0 Å². The molecule has 0 aromatic carbocycles. The van der Waals surface area contributed by atoms with Crippen molar-refractivity contribution in [1.82, 2.24) is 15.1 Å². The molecule has 6 nitrogen and oxygen atoms in total. The number of carboxylic acids is 1. The van der Waals surface area contributed by atoms with E-state index in [4.69, 9.17) is 5.11 Å². The number of aliphatic carboxylic acids is 1. The molecule has 1 aliphatic heterocycles. The molecule has 144 valence electrons. The zero-order valence-corrected chi connectivity index (χ0v) is 16.1. The first-order valence-electron chi connectivity index (χ1n) is 9.94. The van der Waals surface area contributed by atoms with Crippen LogP contribution < -0.4 is 5.32 Å². The summed E-state index contributed by atoms with van der Waals surface area (Å²) < 4.78 is 0. The zero-order chi connectivity index (χ0) is 18.4. The van der Waals surface area contributed by atoms with Crippen molar-refractivity contribution in [2.24, 2.45) is 5.41 Å². The van der Waals surface area contributed by atoms with E-state index in [1.165, 1.54) is 19.3 Å². The molecule has 2 fully saturated rings. The minimum atomic E-state index is -0.783. The van der Waals surface area contributed by atoms with Crippen molar-refractivity contribution >= 4 is 12.0 Å². The summed E-state index contributed by atoms with van der Waals surface area (Å²) >= 11 is 0. The van der Waals surface area contributed by atoms with Gasteiger partial charge in [-0.05, 0) is 44.1 Å². The third-order valence-corrected chi connectivity index (χ3v) is 6.54. The highest BCUT2D eigenvalue weighted by Gasteiger charge is 2.36. The van der Waals surface area contributed by atoms with Crippen molar-refractivity contribution in [3.8, 4) is 0 Å². The van der Waals surface area contributed by atoms with Gasteiger partial charge in [0.2, 0.25) is 0 Å². The third kappa shape index (κ3) is 5.09. The second-order valence-corrected chi connectivity index (χ2v) is 7.78. The summed E-state index contributed by atoms with van der Waals surface area (Å²) in [4.78, 5) is 27.4. The molecular formula is C19H35N3O3. The fraction of sp³-hybridized carbons (Fsp3) is 0.895. The Labute approximate surface area is 151 Å². The van der Waals surface area contributed by atoms with E-state index in [1.807, 2.05) is 16.7 Å². The van der Waals surface area contributed by atoms with Gasteiger partial charge in [-0.3, -0.25) is 9.69 Å². The van der Waals surface area contributed by atoms with Crippen LogP contribution in [0, 0.1) is 5.41 Å². The number of likely N-dealkylation sites (N-methyl/N-ethyl adjacent to an activating group) is 1. The normalized spacial score (nSPS) is 26.0. The molecular weight excluding hydrogens is 318 g/mol. The average molecular weight is 354 g/mol. The van der Waals surface area contributed by atoms with Crippen LogP contribution >= 0.6 is 0 Å². The summed E-state index contributed by atoms with van der Waals surface area (Å²) in [5.41, 5.74) is 0.412. The van der Waals surface area contributed by atoms with Gasteiger partial charge in [-0.1, -0.05) is 33.6 Å². The quantitative estimate of drug-likeness (QED) is 0.738. The number of amides is 2. The summed E-state index contributed by atoms with van der Waals surface area (Å²) in [7, 11) is 0. The Bertz CT molecular complexity index is 459. The van der Waals surface area contributed by atoms with Gasteiger partial charge in [-0.15, -0.1) is 0 Å². The monoisotopic (exact) mass is 353 g/mol. The lowest BCUT2D eigenvalue weighted by Gasteiger charge is -2.42. The number of rotatable bonds is 7. The second-order valence-electron chi connectivity index (χ2n) is 7.78. The van der Waals surface area contributed by atoms with Gasteiger partial charge in [-0.25, -0.2) is 4.79 Å². The highest BCUT2D eigenvalue weighted by molar-refractivity contribution is 5.74. The van der Waals surface area contributed by atoms with E-state index >= 15 is 0 Å². The van der Waals surface area contributed by atoms with Gasteiger partial charge in [0.25, 0.3) is 0 Å². The molecule has 2 aliphatic rings. The fourth-order valence-corrected chi connectivity index (χ4v) is 4.36. The lowest BCUT2D eigenvalue weighted by molar-refractivity contribution is -0.139. The van der Waals surface area contributed by atoms with Crippen LogP contribution in [0.15, 0.2) is 0 Å². The van der Waals surface area contributed by atoms with E-state index in [1.54, 1.807) is 0 Å². The minimum absolute atomic E-state index is 0.0627. The van der Waals surface area contributed by atoms with Gasteiger partial charge in [0.15, 0.2) is 0 Å². The number of nitrogens with zero attached hydrogens (tertiary/aromatic N) is 2. The predicted octanol–water partition coefficient (Wildman–Crippen LogP) is 2.93. The van der Waals surface area contributed by atoms with E-state index in [-0.39, 0.29) is 24.7 Å². The van der Waals surface area contributed by atoms with Gasteiger partial charge in [0, 0.05) is 25.2 Å². The summed E-state index contributed by atoms with van der Waals surface area (Å²) in [6, 6.07) is 0.529. The molecule has 1 saturated carbocycles. The number of hydrogen-bond acceptors (Lipinski definition) is 3. The number of carbonyl (C=O) groups excluding carboxylic acids is 1. The summed E-state index contributed by atoms with van der Waals surface area (Å²) in [6.07, 6.45) is 7.51. The van der Waals surface area contributed by atoms with Gasteiger partial charge in [0.1, 0.15) is 0 Å². The molecule has 2 rings (SSSR count). The maximum absolute atomic E-state index is 12.6. The first-order chi connectivity index (χ1) is 11.9. The van der Waals surface area contributed by atoms with Gasteiger partial charge < -0.3 is 15.3 Å². The number of nitrogens with one attached hydrogen (secondary N) is 1. The number of likely N-dealkylation sites (tertiary alicyclic amines) is 1. The molecule has 25 heavy (non-hydrogen) atoms. The van der Waals surface area contributed by atoms with E-state index in [0.29, 0.717) is 5.41 Å². The largest absolute Gasteiger partial charge is 0.480 e. The third-order valence-electron chi connectivity index (χ3n) is 6.54. The smallest absolute Gasteiger partial charge is 0.317 e. The summed E-state index contributed by atoms with van der Waals surface area (Å²) in [6.45, 7) is 9.05. The number of hydrogen-bond donors (Lipinski definition) is 2. The van der Waals surface area contributed by atoms with Crippen LogP contribution in [0.25, 0.3) is 0 Å². The second kappa shape index (κ2) is 8.88. The maximum atomic E-state index is 12.6. The lowest BCUT2D eigenvalue weighted by Crippen LogP contribution is -2.56. The highest BCUT2D eigenvalue weighted by atomic mass is 16.4. The van der Waals surface area contributed by atoms with E-state index in [9.17, 15) is 9.59 Å². The first kappa shape index (κ1) is 20.0. The minimum Gasteiger partial charge on any atom is -0.480 e. The van der Waals surface area contributed by atoms with Crippen LogP contribution in [-0.4, -0.2) is 65.2 Å².